The molecule has 0 bridgehead atoms. The maximum atomic E-state index is 2.20. The molecule has 0 unspecified atom stereocenters. The molecule has 0 amide bonds. The summed E-state index contributed by atoms with van der Waals surface area (Å²) in [5.41, 5.74) is 1.45. The minimum absolute atomic E-state index is 1.32. The van der Waals surface area contributed by atoms with Crippen LogP contribution in [0.25, 0.3) is 0 Å². The van der Waals surface area contributed by atoms with Gasteiger partial charge in [0.15, 0.2) is 0 Å². The number of hydrogen-bond donors (Lipinski definition) is 0. The maximum absolute atomic E-state index is 2.20. The van der Waals surface area contributed by atoms with Crippen LogP contribution >= 0.6 is 0 Å². The SMILES string of the molecule is c1ccc([C]2CCC2)cc1. The van der Waals surface area contributed by atoms with Crippen LogP contribution in [-0.2, 0) is 0 Å². The quantitative estimate of drug-likeness (QED) is 0.549. The van der Waals surface area contributed by atoms with Crippen molar-refractivity contribution >= 4 is 0 Å². The zero-order chi connectivity index (χ0) is 6.81. The molecule has 1 aliphatic rings. The topological polar surface area (TPSA) is 0 Å². The Kier molecular flexibility index (Phi) is 1.46. The van der Waals surface area contributed by atoms with Gasteiger partial charge in [-0.1, -0.05) is 36.8 Å². The van der Waals surface area contributed by atoms with Gasteiger partial charge >= 0.3 is 0 Å². The summed E-state index contributed by atoms with van der Waals surface area (Å²) < 4.78 is 0. The van der Waals surface area contributed by atoms with Crippen molar-refractivity contribution in [2.45, 2.75) is 19.3 Å². The fourth-order valence-electron chi connectivity index (χ4n) is 1.32. The average Bonchev–Trinajstić information content (AvgIpc) is 1.86. The van der Waals surface area contributed by atoms with Gasteiger partial charge in [0.05, 0.1) is 0 Å². The molecule has 51 valence electrons. The van der Waals surface area contributed by atoms with Crippen LogP contribution in [0.3, 0.4) is 0 Å². The molecule has 1 aromatic rings. The lowest BCUT2D eigenvalue weighted by Gasteiger charge is -2.24. The summed E-state index contributed by atoms with van der Waals surface area (Å²) in [6.45, 7) is 0. The van der Waals surface area contributed by atoms with Gasteiger partial charge in [-0.05, 0) is 18.4 Å². The molecule has 2 rings (SSSR count). The Hall–Kier alpha value is -0.780. The largest absolute Gasteiger partial charge is 0.0622 e. The van der Waals surface area contributed by atoms with Crippen LogP contribution < -0.4 is 0 Å². The Labute approximate surface area is 61.9 Å². The second kappa shape index (κ2) is 2.45. The van der Waals surface area contributed by atoms with Crippen molar-refractivity contribution in [2.75, 3.05) is 0 Å². The summed E-state index contributed by atoms with van der Waals surface area (Å²) in [5, 5.41) is 0. The van der Waals surface area contributed by atoms with Gasteiger partial charge in [0.2, 0.25) is 0 Å². The molecule has 0 aromatic heterocycles. The summed E-state index contributed by atoms with van der Waals surface area (Å²) in [5.74, 6) is 1.64. The average molecular weight is 131 g/mol. The molecule has 0 spiro atoms. The molecule has 0 saturated heterocycles. The lowest BCUT2D eigenvalue weighted by atomic mass is 9.80. The first-order valence-corrected chi connectivity index (χ1v) is 3.87. The van der Waals surface area contributed by atoms with Gasteiger partial charge < -0.3 is 0 Å². The van der Waals surface area contributed by atoms with E-state index in [1.807, 2.05) is 0 Å². The molecule has 10 heavy (non-hydrogen) atoms. The predicted molar refractivity (Wildman–Crippen MR) is 42.6 cm³/mol. The molecule has 0 aliphatic heterocycles. The van der Waals surface area contributed by atoms with Crippen molar-refractivity contribution in [2.24, 2.45) is 0 Å². The fraction of sp³-hybridized carbons (Fsp3) is 0.300. The first-order chi connectivity index (χ1) is 4.97. The highest BCUT2D eigenvalue weighted by molar-refractivity contribution is 5.32. The van der Waals surface area contributed by atoms with Gasteiger partial charge in [-0.3, -0.25) is 0 Å². The number of benzene rings is 1. The van der Waals surface area contributed by atoms with Crippen molar-refractivity contribution in [3.63, 3.8) is 0 Å². The summed E-state index contributed by atoms with van der Waals surface area (Å²) in [6, 6.07) is 10.7. The van der Waals surface area contributed by atoms with E-state index in [0.29, 0.717) is 0 Å². The maximum Gasteiger partial charge on any atom is 0.00498 e. The van der Waals surface area contributed by atoms with Crippen LogP contribution in [0.15, 0.2) is 30.3 Å². The van der Waals surface area contributed by atoms with E-state index in [1.54, 1.807) is 5.92 Å². The van der Waals surface area contributed by atoms with E-state index in [-0.39, 0.29) is 0 Å². The molecule has 1 fully saturated rings. The second-order valence-electron chi connectivity index (χ2n) is 2.82. The lowest BCUT2D eigenvalue weighted by molar-refractivity contribution is 0.577. The molecule has 1 aliphatic carbocycles. The Morgan fingerprint density at radius 2 is 1.60 bits per heavy atom. The van der Waals surface area contributed by atoms with E-state index in [1.165, 1.54) is 24.8 Å². The predicted octanol–water partition coefficient (Wildman–Crippen LogP) is 2.79. The first kappa shape index (κ1) is 5.96. The van der Waals surface area contributed by atoms with Crippen molar-refractivity contribution in [3.05, 3.63) is 41.8 Å². The van der Waals surface area contributed by atoms with Crippen LogP contribution in [-0.4, -0.2) is 0 Å². The minimum atomic E-state index is 1.32. The van der Waals surface area contributed by atoms with Crippen LogP contribution in [0, 0.1) is 5.92 Å². The highest BCUT2D eigenvalue weighted by atomic mass is 14.2. The minimum Gasteiger partial charge on any atom is -0.0622 e. The van der Waals surface area contributed by atoms with E-state index in [9.17, 15) is 0 Å². The van der Waals surface area contributed by atoms with Crippen molar-refractivity contribution in [3.8, 4) is 0 Å². The van der Waals surface area contributed by atoms with Crippen LogP contribution in [0.4, 0.5) is 0 Å². The fourth-order valence-corrected chi connectivity index (χ4v) is 1.32. The molecule has 0 nitrogen and oxygen atoms in total. The van der Waals surface area contributed by atoms with E-state index < -0.39 is 0 Å². The third kappa shape index (κ3) is 0.942. The van der Waals surface area contributed by atoms with Gasteiger partial charge in [-0.25, -0.2) is 0 Å². The van der Waals surface area contributed by atoms with Gasteiger partial charge in [0, 0.05) is 5.92 Å². The third-order valence-corrected chi connectivity index (χ3v) is 2.14. The Bertz CT molecular complexity index is 197. The summed E-state index contributed by atoms with van der Waals surface area (Å²) >= 11 is 0. The highest BCUT2D eigenvalue weighted by Crippen LogP contribution is 2.34. The molecule has 1 saturated carbocycles. The Balaban J connectivity index is 2.18. The molecule has 0 N–H and O–H groups in total. The lowest BCUT2D eigenvalue weighted by Crippen LogP contribution is -2.08. The van der Waals surface area contributed by atoms with Gasteiger partial charge in [0.1, 0.15) is 0 Å². The van der Waals surface area contributed by atoms with E-state index in [0.717, 1.165) is 0 Å². The van der Waals surface area contributed by atoms with Crippen molar-refractivity contribution in [1.29, 1.82) is 0 Å². The number of rotatable bonds is 1. The molecule has 0 heterocycles. The molecule has 0 atom stereocenters. The molecular weight excluding hydrogens is 120 g/mol. The third-order valence-electron chi connectivity index (χ3n) is 2.14. The zero-order valence-electron chi connectivity index (χ0n) is 6.01. The van der Waals surface area contributed by atoms with Crippen molar-refractivity contribution < 1.29 is 0 Å². The van der Waals surface area contributed by atoms with Crippen molar-refractivity contribution in [1.82, 2.24) is 0 Å². The Morgan fingerprint density at radius 1 is 0.900 bits per heavy atom. The molecule has 0 heteroatoms. The van der Waals surface area contributed by atoms with Crippen LogP contribution in [0.5, 0.6) is 0 Å². The van der Waals surface area contributed by atoms with Gasteiger partial charge in [-0.15, -0.1) is 0 Å². The summed E-state index contributed by atoms with van der Waals surface area (Å²) in [4.78, 5) is 0. The smallest absolute Gasteiger partial charge is 0.00498 e. The van der Waals surface area contributed by atoms with E-state index in [2.05, 4.69) is 30.3 Å². The monoisotopic (exact) mass is 131 g/mol. The molecule has 1 radical (unpaired) electrons. The van der Waals surface area contributed by atoms with Gasteiger partial charge in [0.25, 0.3) is 0 Å². The normalized spacial score (nSPS) is 18.4. The number of hydrogen-bond acceptors (Lipinski definition) is 0. The van der Waals surface area contributed by atoms with E-state index >= 15 is 0 Å². The highest BCUT2D eigenvalue weighted by Gasteiger charge is 2.18. The zero-order valence-corrected chi connectivity index (χ0v) is 6.01. The Morgan fingerprint density at radius 3 is 2.10 bits per heavy atom. The van der Waals surface area contributed by atoms with Gasteiger partial charge in [-0.2, -0.15) is 0 Å². The first-order valence-electron chi connectivity index (χ1n) is 3.87. The van der Waals surface area contributed by atoms with Crippen LogP contribution in [0.2, 0.25) is 0 Å². The molecular formula is C10H11. The molecule has 1 aromatic carbocycles. The van der Waals surface area contributed by atoms with E-state index in [4.69, 9.17) is 0 Å². The second-order valence-corrected chi connectivity index (χ2v) is 2.82. The summed E-state index contributed by atoms with van der Waals surface area (Å²) in [7, 11) is 0. The van der Waals surface area contributed by atoms with Crippen LogP contribution in [0.1, 0.15) is 24.8 Å². The standard InChI is InChI=1S/C10H11/c1-2-5-9(6-3-1)10-7-4-8-10/h1-3,5-6H,4,7-8H2. The summed E-state index contributed by atoms with van der Waals surface area (Å²) in [6.07, 6.45) is 4.04.